The molecule has 1 heterocycles. The van der Waals surface area contributed by atoms with E-state index in [-0.39, 0.29) is 0 Å². The van der Waals surface area contributed by atoms with E-state index in [0.29, 0.717) is 29.6 Å². The fraction of sp³-hybridized carbons (Fsp3) is 0.143. The van der Waals surface area contributed by atoms with Gasteiger partial charge in [-0.15, -0.1) is 0 Å². The molecular formula is C21H15Br3N2O2. The summed E-state index contributed by atoms with van der Waals surface area (Å²) in [6.07, 6.45) is 1.66. The van der Waals surface area contributed by atoms with Crippen LogP contribution in [0.1, 0.15) is 28.0 Å². The molecule has 142 valence electrons. The summed E-state index contributed by atoms with van der Waals surface area (Å²) in [5.74, 6) is 1.73. The number of aliphatic imine (C=N–C) groups is 1. The fourth-order valence-corrected chi connectivity index (χ4v) is 4.21. The largest absolute Gasteiger partial charge is 0.487 e. The molecule has 0 radical (unpaired) electrons. The third-order valence-corrected chi connectivity index (χ3v) is 5.83. The number of hydrogen-bond donors (Lipinski definition) is 0. The molecule has 0 fully saturated rings. The zero-order valence-corrected chi connectivity index (χ0v) is 19.9. The van der Waals surface area contributed by atoms with Crippen molar-refractivity contribution in [3.8, 4) is 11.8 Å². The Kier molecular flexibility index (Phi) is 6.76. The summed E-state index contributed by atoms with van der Waals surface area (Å²) < 4.78 is 14.1. The molecular weight excluding hydrogens is 552 g/mol. The highest BCUT2D eigenvalue weighted by molar-refractivity contribution is 9.11. The average Bonchev–Trinajstić information content (AvgIpc) is 2.94. The average molecular weight is 567 g/mol. The molecule has 0 bridgehead atoms. The van der Waals surface area contributed by atoms with Gasteiger partial charge in [0.2, 0.25) is 5.88 Å². The van der Waals surface area contributed by atoms with Gasteiger partial charge in [0.15, 0.2) is 0 Å². The van der Waals surface area contributed by atoms with Gasteiger partial charge in [0.1, 0.15) is 29.7 Å². The molecule has 0 atom stereocenters. The first-order valence-corrected chi connectivity index (χ1v) is 10.7. The van der Waals surface area contributed by atoms with Gasteiger partial charge < -0.3 is 9.15 Å². The Labute approximate surface area is 188 Å². The molecule has 3 rings (SSSR count). The summed E-state index contributed by atoms with van der Waals surface area (Å²) in [5.41, 5.74) is 3.18. The number of halogens is 3. The zero-order chi connectivity index (χ0) is 20.3. The molecule has 2 aromatic carbocycles. The lowest BCUT2D eigenvalue weighted by molar-refractivity contribution is 0.302. The van der Waals surface area contributed by atoms with E-state index < -0.39 is 0 Å². The lowest BCUT2D eigenvalue weighted by atomic mass is 10.2. The van der Waals surface area contributed by atoms with Crippen LogP contribution in [0.4, 0.5) is 5.88 Å². The van der Waals surface area contributed by atoms with E-state index in [1.54, 1.807) is 6.21 Å². The van der Waals surface area contributed by atoms with Crippen molar-refractivity contribution >= 4 is 59.9 Å². The fourth-order valence-electron chi connectivity index (χ4n) is 2.49. The van der Waals surface area contributed by atoms with E-state index in [1.165, 1.54) is 0 Å². The van der Waals surface area contributed by atoms with Crippen molar-refractivity contribution in [1.29, 1.82) is 5.26 Å². The molecule has 1 aromatic heterocycles. The molecule has 0 aliphatic heterocycles. The summed E-state index contributed by atoms with van der Waals surface area (Å²) in [4.78, 5) is 4.34. The van der Waals surface area contributed by atoms with E-state index >= 15 is 0 Å². The number of nitrogens with zero attached hydrogens (tertiary/aromatic N) is 2. The van der Waals surface area contributed by atoms with Gasteiger partial charge in [-0.2, -0.15) is 5.26 Å². The van der Waals surface area contributed by atoms with Gasteiger partial charge in [-0.25, -0.2) is 4.99 Å². The van der Waals surface area contributed by atoms with Crippen LogP contribution in [0.2, 0.25) is 0 Å². The van der Waals surface area contributed by atoms with Crippen molar-refractivity contribution in [1.82, 2.24) is 0 Å². The first-order valence-electron chi connectivity index (χ1n) is 8.29. The van der Waals surface area contributed by atoms with Gasteiger partial charge in [-0.3, -0.25) is 0 Å². The summed E-state index contributed by atoms with van der Waals surface area (Å²) in [5, 5.41) is 9.28. The molecule has 0 spiro atoms. The predicted octanol–water partition coefficient (Wildman–Crippen LogP) is 7.39. The summed E-state index contributed by atoms with van der Waals surface area (Å²) in [6, 6.07) is 13.9. The molecule has 0 saturated heterocycles. The topological polar surface area (TPSA) is 58.5 Å². The smallest absolute Gasteiger partial charge is 0.237 e. The quantitative estimate of drug-likeness (QED) is 0.303. The molecule has 0 amide bonds. The summed E-state index contributed by atoms with van der Waals surface area (Å²) in [6.45, 7) is 4.12. The van der Waals surface area contributed by atoms with E-state index in [1.807, 2.05) is 50.2 Å². The maximum atomic E-state index is 9.28. The maximum absolute atomic E-state index is 9.28. The molecule has 0 saturated carbocycles. The monoisotopic (exact) mass is 564 g/mol. The van der Waals surface area contributed by atoms with Crippen LogP contribution in [0.25, 0.3) is 0 Å². The van der Waals surface area contributed by atoms with E-state index in [9.17, 15) is 5.26 Å². The van der Waals surface area contributed by atoms with Crippen LogP contribution in [-0.2, 0) is 6.61 Å². The van der Waals surface area contributed by atoms with Crippen LogP contribution < -0.4 is 4.74 Å². The number of aryl methyl sites for hydroxylation is 1. The van der Waals surface area contributed by atoms with Gasteiger partial charge in [0.25, 0.3) is 0 Å². The Bertz CT molecular complexity index is 1060. The highest BCUT2D eigenvalue weighted by atomic mass is 79.9. The van der Waals surface area contributed by atoms with Crippen LogP contribution in [0.15, 0.2) is 59.2 Å². The number of furan rings is 1. The minimum atomic E-state index is 0.320. The first-order chi connectivity index (χ1) is 13.4. The SMILES string of the molecule is Cc1oc(N=Cc2cc(Br)c(OCc3ccc(Br)cc3)c(Br)c2)c(C#N)c1C. The number of rotatable bonds is 5. The molecule has 0 aliphatic carbocycles. The second-order valence-electron chi connectivity index (χ2n) is 6.06. The molecule has 28 heavy (non-hydrogen) atoms. The standard InChI is InChI=1S/C21H15Br3N2O2/c1-12-13(2)28-21(17(12)9-25)26-10-15-7-18(23)20(19(24)8-15)27-11-14-3-5-16(22)6-4-14/h3-8,10H,11H2,1-2H3. The second kappa shape index (κ2) is 9.08. The molecule has 3 aromatic rings. The minimum absolute atomic E-state index is 0.320. The van der Waals surface area contributed by atoms with E-state index in [0.717, 1.165) is 30.1 Å². The summed E-state index contributed by atoms with van der Waals surface area (Å²) in [7, 11) is 0. The Balaban J connectivity index is 1.79. The van der Waals surface area contributed by atoms with Crippen molar-refractivity contribution in [3.63, 3.8) is 0 Å². The first kappa shape index (κ1) is 20.8. The Morgan fingerprint density at radius 3 is 2.36 bits per heavy atom. The van der Waals surface area contributed by atoms with Gasteiger partial charge in [-0.05, 0) is 81.1 Å². The van der Waals surface area contributed by atoms with Crippen molar-refractivity contribution in [2.24, 2.45) is 4.99 Å². The molecule has 0 unspecified atom stereocenters. The molecule has 0 aliphatic rings. The van der Waals surface area contributed by atoms with Crippen LogP contribution in [0, 0.1) is 25.2 Å². The molecule has 0 N–H and O–H groups in total. The number of nitriles is 1. The van der Waals surface area contributed by atoms with Crippen molar-refractivity contribution in [2.45, 2.75) is 20.5 Å². The maximum Gasteiger partial charge on any atom is 0.237 e. The van der Waals surface area contributed by atoms with Gasteiger partial charge in [0.05, 0.1) is 8.95 Å². The van der Waals surface area contributed by atoms with Crippen LogP contribution in [0.3, 0.4) is 0 Å². The minimum Gasteiger partial charge on any atom is -0.487 e. The molecule has 7 heteroatoms. The van der Waals surface area contributed by atoms with Gasteiger partial charge in [-0.1, -0.05) is 28.1 Å². The van der Waals surface area contributed by atoms with Gasteiger partial charge in [0, 0.05) is 16.3 Å². The Morgan fingerprint density at radius 2 is 1.75 bits per heavy atom. The predicted molar refractivity (Wildman–Crippen MR) is 120 cm³/mol. The van der Waals surface area contributed by atoms with Crippen molar-refractivity contribution in [2.75, 3.05) is 0 Å². The number of ether oxygens (including phenoxy) is 1. The third kappa shape index (κ3) is 4.75. The van der Waals surface area contributed by atoms with E-state index in [4.69, 9.17) is 9.15 Å². The molecule has 4 nitrogen and oxygen atoms in total. The van der Waals surface area contributed by atoms with Crippen LogP contribution >= 0.6 is 47.8 Å². The van der Waals surface area contributed by atoms with Crippen molar-refractivity contribution < 1.29 is 9.15 Å². The van der Waals surface area contributed by atoms with Crippen LogP contribution in [-0.4, -0.2) is 6.21 Å². The number of hydrogen-bond acceptors (Lipinski definition) is 4. The van der Waals surface area contributed by atoms with Gasteiger partial charge >= 0.3 is 0 Å². The highest BCUT2D eigenvalue weighted by Crippen LogP contribution is 2.35. The van der Waals surface area contributed by atoms with Crippen molar-refractivity contribution in [3.05, 3.63) is 77.8 Å². The Morgan fingerprint density at radius 1 is 1.11 bits per heavy atom. The van der Waals surface area contributed by atoms with E-state index in [2.05, 4.69) is 58.9 Å². The lowest BCUT2D eigenvalue weighted by Crippen LogP contribution is -1.97. The second-order valence-corrected chi connectivity index (χ2v) is 8.69. The normalized spacial score (nSPS) is 11.0. The third-order valence-electron chi connectivity index (χ3n) is 4.13. The Hall–Kier alpha value is -1.88. The summed E-state index contributed by atoms with van der Waals surface area (Å²) >= 11 is 10.5. The van der Waals surface area contributed by atoms with Crippen LogP contribution in [0.5, 0.6) is 5.75 Å². The lowest BCUT2D eigenvalue weighted by Gasteiger charge is -2.11. The zero-order valence-electron chi connectivity index (χ0n) is 15.1. The highest BCUT2D eigenvalue weighted by Gasteiger charge is 2.13. The number of benzene rings is 2.